The molecule has 1 rings (SSSR count). The van der Waals surface area contributed by atoms with Crippen molar-refractivity contribution in [3.63, 3.8) is 0 Å². The summed E-state index contributed by atoms with van der Waals surface area (Å²) in [6, 6.07) is 0. The van der Waals surface area contributed by atoms with E-state index >= 15 is 0 Å². The van der Waals surface area contributed by atoms with E-state index in [0.29, 0.717) is 12.5 Å². The van der Waals surface area contributed by atoms with E-state index in [-0.39, 0.29) is 5.60 Å². The molecular formula is C16H27N3OSi. The quantitative estimate of drug-likeness (QED) is 0.118. The molecule has 0 N–H and O–H groups in total. The van der Waals surface area contributed by atoms with Crippen molar-refractivity contribution in [1.82, 2.24) is 0 Å². The van der Waals surface area contributed by atoms with Crippen LogP contribution in [0.5, 0.6) is 0 Å². The Labute approximate surface area is 129 Å². The highest BCUT2D eigenvalue weighted by Crippen LogP contribution is 2.47. The predicted molar refractivity (Wildman–Crippen MR) is 90.3 cm³/mol. The number of rotatable bonds is 8. The lowest BCUT2D eigenvalue weighted by molar-refractivity contribution is 0.0570. The van der Waals surface area contributed by atoms with Crippen molar-refractivity contribution in [2.75, 3.05) is 6.54 Å². The fraction of sp³-hybridized carbons (Fsp3) is 0.750. The minimum atomic E-state index is -1.69. The molecule has 1 aliphatic carbocycles. The predicted octanol–water partition coefficient (Wildman–Crippen LogP) is 5.05. The van der Waals surface area contributed by atoms with Gasteiger partial charge in [0.15, 0.2) is 8.32 Å². The standard InChI is InChI=1S/C16H27N3OSi/c1-6-9-15-11-7-12-16(15,20-21(3,4)5)14(2)10-8-13-18-19-17/h1,15H,2,7-13H2,3-5H3/t15-,16-/m0/s1. The highest BCUT2D eigenvalue weighted by molar-refractivity contribution is 6.69. The first-order valence-electron chi connectivity index (χ1n) is 7.68. The zero-order valence-electron chi connectivity index (χ0n) is 13.6. The van der Waals surface area contributed by atoms with Gasteiger partial charge in [0, 0.05) is 23.8 Å². The zero-order chi connectivity index (χ0) is 15.9. The maximum Gasteiger partial charge on any atom is 0.184 e. The lowest BCUT2D eigenvalue weighted by Gasteiger charge is -2.42. The van der Waals surface area contributed by atoms with E-state index in [0.717, 1.165) is 44.1 Å². The van der Waals surface area contributed by atoms with E-state index in [9.17, 15) is 0 Å². The van der Waals surface area contributed by atoms with E-state index in [1.807, 2.05) is 0 Å². The van der Waals surface area contributed by atoms with Crippen molar-refractivity contribution in [2.45, 2.75) is 63.8 Å². The van der Waals surface area contributed by atoms with Gasteiger partial charge in [-0.2, -0.15) is 0 Å². The molecule has 21 heavy (non-hydrogen) atoms. The molecule has 0 unspecified atom stereocenters. The van der Waals surface area contributed by atoms with Crippen LogP contribution in [-0.4, -0.2) is 20.5 Å². The van der Waals surface area contributed by atoms with E-state index < -0.39 is 8.32 Å². The lowest BCUT2D eigenvalue weighted by atomic mass is 9.81. The van der Waals surface area contributed by atoms with Crippen LogP contribution in [0.1, 0.15) is 38.5 Å². The van der Waals surface area contributed by atoms with Gasteiger partial charge in [-0.25, -0.2) is 0 Å². The SMILES string of the molecule is C#CC[C@H]1CCC[C@]1(O[Si](C)(C)C)C(=C)CCCN=[N+]=[N-]. The van der Waals surface area contributed by atoms with Crippen molar-refractivity contribution in [3.8, 4) is 12.3 Å². The second-order valence-electron chi connectivity index (χ2n) is 6.76. The lowest BCUT2D eigenvalue weighted by Crippen LogP contribution is -2.46. The van der Waals surface area contributed by atoms with Crippen LogP contribution in [0, 0.1) is 18.3 Å². The van der Waals surface area contributed by atoms with E-state index in [2.05, 4.69) is 42.2 Å². The molecule has 5 heteroatoms. The average Bonchev–Trinajstić information content (AvgIpc) is 2.77. The highest BCUT2D eigenvalue weighted by atomic mass is 28.4. The third-order valence-corrected chi connectivity index (χ3v) is 4.99. The highest BCUT2D eigenvalue weighted by Gasteiger charge is 2.47. The van der Waals surface area contributed by atoms with Gasteiger partial charge in [0.1, 0.15) is 0 Å². The number of nitrogens with zero attached hydrogens (tertiary/aromatic N) is 3. The van der Waals surface area contributed by atoms with Crippen molar-refractivity contribution in [1.29, 1.82) is 0 Å². The fourth-order valence-electron chi connectivity index (χ4n) is 3.30. The summed E-state index contributed by atoms with van der Waals surface area (Å²) >= 11 is 0. The van der Waals surface area contributed by atoms with E-state index in [1.165, 1.54) is 0 Å². The van der Waals surface area contributed by atoms with Crippen LogP contribution < -0.4 is 0 Å². The third-order valence-electron chi connectivity index (χ3n) is 4.01. The summed E-state index contributed by atoms with van der Waals surface area (Å²) < 4.78 is 6.61. The molecule has 0 spiro atoms. The molecule has 0 aromatic heterocycles. The molecule has 1 aliphatic rings. The molecule has 4 nitrogen and oxygen atoms in total. The van der Waals surface area contributed by atoms with Crippen LogP contribution in [0.4, 0.5) is 0 Å². The van der Waals surface area contributed by atoms with Crippen LogP contribution in [0.2, 0.25) is 19.6 Å². The summed E-state index contributed by atoms with van der Waals surface area (Å²) in [4.78, 5) is 2.80. The van der Waals surface area contributed by atoms with Crippen LogP contribution in [0.25, 0.3) is 10.4 Å². The van der Waals surface area contributed by atoms with Crippen molar-refractivity contribution in [3.05, 3.63) is 22.6 Å². The van der Waals surface area contributed by atoms with Crippen molar-refractivity contribution >= 4 is 8.32 Å². The summed E-state index contributed by atoms with van der Waals surface area (Å²) in [5.74, 6) is 3.19. The van der Waals surface area contributed by atoms with Crippen LogP contribution in [0.3, 0.4) is 0 Å². The van der Waals surface area contributed by atoms with Gasteiger partial charge in [-0.05, 0) is 62.8 Å². The number of hydrogen-bond acceptors (Lipinski definition) is 2. The minimum absolute atomic E-state index is 0.257. The van der Waals surface area contributed by atoms with Crippen molar-refractivity contribution < 1.29 is 4.43 Å². The van der Waals surface area contributed by atoms with Gasteiger partial charge in [-0.3, -0.25) is 0 Å². The molecule has 0 bridgehead atoms. The van der Waals surface area contributed by atoms with E-state index in [4.69, 9.17) is 16.4 Å². The van der Waals surface area contributed by atoms with Gasteiger partial charge < -0.3 is 4.43 Å². The Morgan fingerprint density at radius 1 is 1.57 bits per heavy atom. The molecule has 0 radical (unpaired) electrons. The molecular weight excluding hydrogens is 278 g/mol. The Bertz CT molecular complexity index is 457. The molecule has 0 amide bonds. The molecule has 2 atom stereocenters. The smallest absolute Gasteiger partial charge is 0.184 e. The van der Waals surface area contributed by atoms with Crippen LogP contribution in [-0.2, 0) is 4.43 Å². The van der Waals surface area contributed by atoms with Gasteiger partial charge in [0.25, 0.3) is 0 Å². The van der Waals surface area contributed by atoms with Crippen LogP contribution >= 0.6 is 0 Å². The second kappa shape index (κ2) is 7.70. The maximum atomic E-state index is 8.35. The van der Waals surface area contributed by atoms with Crippen LogP contribution in [0.15, 0.2) is 17.3 Å². The monoisotopic (exact) mass is 305 g/mol. The Balaban J connectivity index is 2.88. The summed E-state index contributed by atoms with van der Waals surface area (Å²) in [6.45, 7) is 11.5. The molecule has 1 saturated carbocycles. The first kappa shape index (κ1) is 17.8. The van der Waals surface area contributed by atoms with Gasteiger partial charge in [-0.15, -0.1) is 12.3 Å². The number of terminal acetylenes is 1. The third kappa shape index (κ3) is 4.92. The largest absolute Gasteiger partial charge is 0.408 e. The van der Waals surface area contributed by atoms with Gasteiger partial charge in [0.05, 0.1) is 5.60 Å². The zero-order valence-corrected chi connectivity index (χ0v) is 14.6. The van der Waals surface area contributed by atoms with Gasteiger partial charge in [0.2, 0.25) is 0 Å². The number of azide groups is 1. The minimum Gasteiger partial charge on any atom is -0.408 e. The van der Waals surface area contributed by atoms with Crippen molar-refractivity contribution in [2.24, 2.45) is 11.0 Å². The van der Waals surface area contributed by atoms with Gasteiger partial charge in [-0.1, -0.05) is 11.7 Å². The topological polar surface area (TPSA) is 58.0 Å². The first-order valence-corrected chi connectivity index (χ1v) is 11.1. The molecule has 0 aromatic rings. The Morgan fingerprint density at radius 3 is 2.86 bits per heavy atom. The van der Waals surface area contributed by atoms with E-state index in [1.54, 1.807) is 0 Å². The molecule has 1 fully saturated rings. The molecule has 0 saturated heterocycles. The van der Waals surface area contributed by atoms with Gasteiger partial charge >= 0.3 is 0 Å². The molecule has 0 aliphatic heterocycles. The summed E-state index contributed by atoms with van der Waals surface area (Å²) in [6.07, 6.45) is 11.2. The summed E-state index contributed by atoms with van der Waals surface area (Å²) in [7, 11) is -1.69. The summed E-state index contributed by atoms with van der Waals surface area (Å²) in [5, 5.41) is 3.60. The first-order chi connectivity index (χ1) is 9.85. The molecule has 0 aromatic carbocycles. The average molecular weight is 305 g/mol. The number of hydrogen-bond donors (Lipinski definition) is 0. The summed E-state index contributed by atoms with van der Waals surface area (Å²) in [5.41, 5.74) is 9.23. The maximum absolute atomic E-state index is 8.35. The fourth-order valence-corrected chi connectivity index (χ4v) is 4.80. The molecule has 0 heterocycles. The Morgan fingerprint density at radius 2 is 2.29 bits per heavy atom. The Hall–Kier alpha value is -1.21. The second-order valence-corrected chi connectivity index (χ2v) is 11.2. The molecule has 116 valence electrons. The normalized spacial score (nSPS) is 25.1. The Kier molecular flexibility index (Phi) is 6.54.